The molecule has 0 fully saturated rings. The molecule has 0 aliphatic rings. The van der Waals surface area contributed by atoms with Gasteiger partial charge < -0.3 is 19.5 Å². The zero-order chi connectivity index (χ0) is 14.9. The highest BCUT2D eigenvalue weighted by Crippen LogP contribution is 2.05. The lowest BCUT2D eigenvalue weighted by Gasteiger charge is -2.23. The summed E-state index contributed by atoms with van der Waals surface area (Å²) in [7, 11) is 6.60. The fourth-order valence-corrected chi connectivity index (χ4v) is 1.27. The Morgan fingerprint density at radius 3 is 2.00 bits per heavy atom. The van der Waals surface area contributed by atoms with Crippen LogP contribution in [0, 0.1) is 0 Å². The van der Waals surface area contributed by atoms with Gasteiger partial charge in [-0.05, 0) is 6.08 Å². The number of carboxylic acids is 2. The monoisotopic (exact) mass is 265 g/mol. The number of aliphatic carboxylic acids is 2. The van der Waals surface area contributed by atoms with Crippen LogP contribution in [0.15, 0.2) is 42.5 Å². The van der Waals surface area contributed by atoms with Crippen molar-refractivity contribution in [1.82, 2.24) is 0 Å². The lowest BCUT2D eigenvalue weighted by molar-refractivity contribution is -0.884. The third kappa shape index (κ3) is 12.1. The van der Waals surface area contributed by atoms with Gasteiger partial charge in [-0.1, -0.05) is 30.3 Å². The molecular weight excluding hydrogens is 246 g/mol. The van der Waals surface area contributed by atoms with Gasteiger partial charge in [0.1, 0.15) is 6.54 Å². The van der Waals surface area contributed by atoms with Crippen LogP contribution in [0.5, 0.6) is 0 Å². The molecule has 0 heterocycles. The minimum absolute atomic E-state index is 0.447. The van der Waals surface area contributed by atoms with Gasteiger partial charge in [0, 0.05) is 11.6 Å². The average molecular weight is 265 g/mol. The normalized spacial score (nSPS) is 10.7. The summed E-state index contributed by atoms with van der Waals surface area (Å²) in [6.07, 6.45) is 0.942. The summed E-state index contributed by atoms with van der Waals surface area (Å²) < 4.78 is 0.990. The molecule has 0 aliphatic heterocycles. The highest BCUT2D eigenvalue weighted by atomic mass is 16.4. The fraction of sp³-hybridized carbons (Fsp3) is 0.286. The Kier molecular flexibility index (Phi) is 7.14. The maximum Gasteiger partial charge on any atom is 0.328 e. The van der Waals surface area contributed by atoms with E-state index in [0.29, 0.717) is 12.2 Å². The standard InChI is InChI=1S/C10H16N.C4H4O4/c1-11(2,3)9-10-7-5-4-6-8-10;5-3(6)1-2-4(7)8/h4-8H,9H2,1-3H3;1-2H,(H,5,6)(H,7,8)/q+1;/p-1. The highest BCUT2D eigenvalue weighted by molar-refractivity contribution is 5.88. The molecule has 1 N–H and O–H groups in total. The molecule has 0 saturated heterocycles. The average Bonchev–Trinajstić information content (AvgIpc) is 2.26. The number of hydrogen-bond donors (Lipinski definition) is 1. The van der Waals surface area contributed by atoms with Crippen LogP contribution in [-0.4, -0.2) is 42.7 Å². The van der Waals surface area contributed by atoms with E-state index < -0.39 is 11.9 Å². The quantitative estimate of drug-likeness (QED) is 0.626. The Morgan fingerprint density at radius 2 is 1.68 bits per heavy atom. The zero-order valence-corrected chi connectivity index (χ0v) is 11.4. The first-order valence-corrected chi connectivity index (χ1v) is 5.67. The minimum atomic E-state index is -1.51. The molecule has 0 radical (unpaired) electrons. The molecule has 5 heteroatoms. The van der Waals surface area contributed by atoms with Gasteiger partial charge in [-0.25, -0.2) is 4.79 Å². The van der Waals surface area contributed by atoms with Gasteiger partial charge in [-0.2, -0.15) is 0 Å². The molecule has 0 aliphatic carbocycles. The second kappa shape index (κ2) is 8.05. The van der Waals surface area contributed by atoms with Crippen molar-refractivity contribution in [1.29, 1.82) is 0 Å². The number of rotatable bonds is 4. The molecular formula is C14H19NO4. The van der Waals surface area contributed by atoms with Crippen molar-refractivity contribution in [3.63, 3.8) is 0 Å². The van der Waals surface area contributed by atoms with Crippen LogP contribution in [0.2, 0.25) is 0 Å². The molecule has 0 amide bonds. The van der Waals surface area contributed by atoms with Crippen molar-refractivity contribution >= 4 is 11.9 Å². The molecule has 1 aromatic carbocycles. The fourth-order valence-electron chi connectivity index (χ4n) is 1.27. The Labute approximate surface area is 113 Å². The summed E-state index contributed by atoms with van der Waals surface area (Å²) in [5.41, 5.74) is 1.40. The molecule has 1 aromatic rings. The molecule has 0 saturated carbocycles. The summed E-state index contributed by atoms with van der Waals surface area (Å²) in [6.45, 7) is 1.10. The predicted octanol–water partition coefficient (Wildman–Crippen LogP) is 0.270. The molecule has 104 valence electrons. The molecule has 0 unspecified atom stereocenters. The van der Waals surface area contributed by atoms with Crippen LogP contribution >= 0.6 is 0 Å². The van der Waals surface area contributed by atoms with Gasteiger partial charge in [-0.3, -0.25) is 0 Å². The molecule has 0 spiro atoms. The van der Waals surface area contributed by atoms with Gasteiger partial charge in [0.2, 0.25) is 0 Å². The van der Waals surface area contributed by atoms with Crippen LogP contribution in [0.25, 0.3) is 0 Å². The summed E-state index contributed by atoms with van der Waals surface area (Å²) in [5.74, 6) is -2.80. The highest BCUT2D eigenvalue weighted by Gasteiger charge is 2.06. The van der Waals surface area contributed by atoms with E-state index in [1.807, 2.05) is 0 Å². The number of hydrogen-bond acceptors (Lipinski definition) is 3. The second-order valence-corrected chi connectivity index (χ2v) is 4.92. The van der Waals surface area contributed by atoms with E-state index in [-0.39, 0.29) is 0 Å². The second-order valence-electron chi connectivity index (χ2n) is 4.92. The first-order valence-electron chi connectivity index (χ1n) is 5.67. The largest absolute Gasteiger partial charge is 0.545 e. The topological polar surface area (TPSA) is 77.4 Å². The van der Waals surface area contributed by atoms with E-state index >= 15 is 0 Å². The van der Waals surface area contributed by atoms with Crippen molar-refractivity contribution in [2.24, 2.45) is 0 Å². The van der Waals surface area contributed by atoms with Gasteiger partial charge in [0.05, 0.1) is 27.1 Å². The SMILES string of the molecule is C[N+](C)(C)Cc1ccccc1.O=C([O-])C=CC(=O)O. The first-order chi connectivity index (χ1) is 8.70. The Balaban J connectivity index is 0.000000362. The number of carboxylic acid groups (broad SMARTS) is 2. The van der Waals surface area contributed by atoms with Gasteiger partial charge >= 0.3 is 5.97 Å². The number of carbonyl (C=O) groups excluding carboxylic acids is 1. The number of benzene rings is 1. The van der Waals surface area contributed by atoms with Gasteiger partial charge in [0.25, 0.3) is 0 Å². The third-order valence-electron chi connectivity index (χ3n) is 1.86. The van der Waals surface area contributed by atoms with Crippen molar-refractivity contribution in [3.05, 3.63) is 48.0 Å². The van der Waals surface area contributed by atoms with E-state index in [1.165, 1.54) is 5.56 Å². The number of nitrogens with zero attached hydrogens (tertiary/aromatic N) is 1. The van der Waals surface area contributed by atoms with Crippen molar-refractivity contribution in [2.45, 2.75) is 6.54 Å². The molecule has 19 heavy (non-hydrogen) atoms. The molecule has 0 atom stereocenters. The summed E-state index contributed by atoms with van der Waals surface area (Å²) in [5, 5.41) is 17.2. The smallest absolute Gasteiger partial charge is 0.328 e. The number of carbonyl (C=O) groups is 2. The van der Waals surface area contributed by atoms with Crippen LogP contribution in [-0.2, 0) is 16.1 Å². The minimum Gasteiger partial charge on any atom is -0.545 e. The van der Waals surface area contributed by atoms with E-state index in [9.17, 15) is 14.7 Å². The Hall–Kier alpha value is -2.14. The molecule has 0 aromatic heterocycles. The molecule has 5 nitrogen and oxygen atoms in total. The number of quaternary nitrogens is 1. The molecule has 1 rings (SSSR count). The van der Waals surface area contributed by atoms with Crippen molar-refractivity contribution < 1.29 is 24.3 Å². The van der Waals surface area contributed by atoms with Crippen LogP contribution in [0.1, 0.15) is 5.56 Å². The Bertz CT molecular complexity index is 417. The van der Waals surface area contributed by atoms with Gasteiger partial charge in [-0.15, -0.1) is 0 Å². The van der Waals surface area contributed by atoms with Crippen LogP contribution in [0.4, 0.5) is 0 Å². The van der Waals surface area contributed by atoms with E-state index in [2.05, 4.69) is 51.5 Å². The van der Waals surface area contributed by atoms with Crippen LogP contribution in [0.3, 0.4) is 0 Å². The molecule has 0 bridgehead atoms. The lowest BCUT2D eigenvalue weighted by Crippen LogP contribution is -2.33. The van der Waals surface area contributed by atoms with E-state index in [4.69, 9.17) is 5.11 Å². The van der Waals surface area contributed by atoms with Crippen molar-refractivity contribution in [2.75, 3.05) is 21.1 Å². The van der Waals surface area contributed by atoms with Gasteiger partial charge in [0.15, 0.2) is 0 Å². The summed E-state index contributed by atoms with van der Waals surface area (Å²) in [6, 6.07) is 10.6. The predicted molar refractivity (Wildman–Crippen MR) is 70.0 cm³/mol. The first kappa shape index (κ1) is 16.9. The zero-order valence-electron chi connectivity index (χ0n) is 11.4. The maximum absolute atomic E-state index is 9.53. The van der Waals surface area contributed by atoms with E-state index in [1.54, 1.807) is 0 Å². The summed E-state index contributed by atoms with van der Waals surface area (Å²) >= 11 is 0. The van der Waals surface area contributed by atoms with Crippen LogP contribution < -0.4 is 5.11 Å². The van der Waals surface area contributed by atoms with Crippen molar-refractivity contribution in [3.8, 4) is 0 Å². The summed E-state index contributed by atoms with van der Waals surface area (Å²) in [4.78, 5) is 19.0. The van der Waals surface area contributed by atoms with E-state index in [0.717, 1.165) is 11.0 Å². The third-order valence-corrected chi connectivity index (χ3v) is 1.86. The maximum atomic E-state index is 9.53. The lowest BCUT2D eigenvalue weighted by atomic mass is 10.2. The Morgan fingerprint density at radius 1 is 1.16 bits per heavy atom.